The summed E-state index contributed by atoms with van der Waals surface area (Å²) in [7, 11) is 0. The minimum Gasteiger partial charge on any atom is -0.494 e. The summed E-state index contributed by atoms with van der Waals surface area (Å²) in [6, 6.07) is 13.9. The fourth-order valence-electron chi connectivity index (χ4n) is 2.55. The highest BCUT2D eigenvalue weighted by Gasteiger charge is 2.07. The molecular formula is C20H27N3O2. The first-order valence-corrected chi connectivity index (χ1v) is 8.71. The topological polar surface area (TPSA) is 68.9 Å². The van der Waals surface area contributed by atoms with E-state index in [9.17, 15) is 0 Å². The third-order valence-electron chi connectivity index (χ3n) is 3.74. The first-order chi connectivity index (χ1) is 12.2. The van der Waals surface area contributed by atoms with Crippen LogP contribution in [-0.2, 0) is 13.0 Å². The molecule has 5 heteroatoms. The molecule has 0 aliphatic rings. The van der Waals surface area contributed by atoms with E-state index >= 15 is 0 Å². The van der Waals surface area contributed by atoms with Crippen LogP contribution in [0.2, 0.25) is 0 Å². The van der Waals surface area contributed by atoms with Crippen molar-refractivity contribution >= 4 is 11.6 Å². The Morgan fingerprint density at radius 3 is 2.40 bits per heavy atom. The summed E-state index contributed by atoms with van der Waals surface area (Å²) in [5, 5.41) is 3.12. The van der Waals surface area contributed by atoms with Gasteiger partial charge in [-0.25, -0.2) is 4.99 Å². The molecule has 0 saturated heterocycles. The number of hydrogen-bond acceptors (Lipinski definition) is 3. The lowest BCUT2D eigenvalue weighted by atomic mass is 10.1. The average Bonchev–Trinajstić information content (AvgIpc) is 2.62. The Morgan fingerprint density at radius 1 is 1.00 bits per heavy atom. The molecule has 0 unspecified atom stereocenters. The first kappa shape index (κ1) is 18.6. The molecule has 0 fully saturated rings. The van der Waals surface area contributed by atoms with Crippen molar-refractivity contribution in [2.75, 3.05) is 18.5 Å². The van der Waals surface area contributed by atoms with E-state index in [-0.39, 0.29) is 0 Å². The Hall–Kier alpha value is -2.69. The molecule has 0 aromatic heterocycles. The number of guanidine groups is 1. The molecule has 5 nitrogen and oxygen atoms in total. The van der Waals surface area contributed by atoms with E-state index in [1.807, 2.05) is 44.2 Å². The Balaban J connectivity index is 2.15. The zero-order valence-electron chi connectivity index (χ0n) is 15.2. The van der Waals surface area contributed by atoms with E-state index in [1.165, 1.54) is 11.1 Å². The van der Waals surface area contributed by atoms with Crippen molar-refractivity contribution < 1.29 is 9.47 Å². The highest BCUT2D eigenvalue weighted by Crippen LogP contribution is 2.29. The number of hydrogen-bond donors (Lipinski definition) is 2. The SMILES string of the molecule is CCOc1ccc(OCC)c(NC(N)=NCc2ccccc2CC)c1. The normalized spacial score (nSPS) is 11.2. The van der Waals surface area contributed by atoms with Crippen molar-refractivity contribution in [3.8, 4) is 11.5 Å². The maximum absolute atomic E-state index is 6.08. The second kappa shape index (κ2) is 9.57. The number of aliphatic imine (C=N–C) groups is 1. The van der Waals surface area contributed by atoms with Gasteiger partial charge in [-0.05, 0) is 43.5 Å². The van der Waals surface area contributed by atoms with Crippen LogP contribution < -0.4 is 20.5 Å². The van der Waals surface area contributed by atoms with Crippen molar-refractivity contribution in [1.82, 2.24) is 0 Å². The maximum Gasteiger partial charge on any atom is 0.193 e. The van der Waals surface area contributed by atoms with Crippen LogP contribution in [0.1, 0.15) is 31.9 Å². The Bertz CT molecular complexity index is 714. The van der Waals surface area contributed by atoms with Gasteiger partial charge in [-0.2, -0.15) is 0 Å². The summed E-state index contributed by atoms with van der Waals surface area (Å²) in [5.41, 5.74) is 9.29. The number of aryl methyl sites for hydroxylation is 1. The largest absolute Gasteiger partial charge is 0.494 e. The minimum atomic E-state index is 0.348. The van der Waals surface area contributed by atoms with Crippen molar-refractivity contribution in [3.05, 3.63) is 53.6 Å². The summed E-state index contributed by atoms with van der Waals surface area (Å²) in [6.07, 6.45) is 0.976. The number of benzene rings is 2. The quantitative estimate of drug-likeness (QED) is 0.563. The lowest BCUT2D eigenvalue weighted by molar-refractivity contribution is 0.332. The lowest BCUT2D eigenvalue weighted by Crippen LogP contribution is -2.23. The molecule has 3 N–H and O–H groups in total. The van der Waals surface area contributed by atoms with Gasteiger partial charge in [0.15, 0.2) is 5.96 Å². The number of nitrogens with two attached hydrogens (primary N) is 1. The number of ether oxygens (including phenoxy) is 2. The zero-order chi connectivity index (χ0) is 18.1. The fraction of sp³-hybridized carbons (Fsp3) is 0.350. The monoisotopic (exact) mass is 341 g/mol. The van der Waals surface area contributed by atoms with E-state index in [4.69, 9.17) is 15.2 Å². The van der Waals surface area contributed by atoms with E-state index < -0.39 is 0 Å². The summed E-state index contributed by atoms with van der Waals surface area (Å²) < 4.78 is 11.2. The molecule has 0 amide bonds. The molecule has 2 aromatic carbocycles. The fourth-order valence-corrected chi connectivity index (χ4v) is 2.55. The van der Waals surface area contributed by atoms with Crippen LogP contribution in [0.25, 0.3) is 0 Å². The van der Waals surface area contributed by atoms with Crippen LogP contribution in [0.3, 0.4) is 0 Å². The van der Waals surface area contributed by atoms with E-state index in [0.29, 0.717) is 25.7 Å². The van der Waals surface area contributed by atoms with Crippen molar-refractivity contribution in [3.63, 3.8) is 0 Å². The van der Waals surface area contributed by atoms with Crippen molar-refractivity contribution in [1.29, 1.82) is 0 Å². The van der Waals surface area contributed by atoms with Crippen LogP contribution in [0.4, 0.5) is 5.69 Å². The Kier molecular flexibility index (Phi) is 7.14. The van der Waals surface area contributed by atoms with Crippen LogP contribution in [-0.4, -0.2) is 19.2 Å². The van der Waals surface area contributed by atoms with Gasteiger partial charge in [0.2, 0.25) is 0 Å². The van der Waals surface area contributed by atoms with Gasteiger partial charge in [0.1, 0.15) is 11.5 Å². The highest BCUT2D eigenvalue weighted by atomic mass is 16.5. The van der Waals surface area contributed by atoms with Crippen LogP contribution in [0, 0.1) is 0 Å². The van der Waals surface area contributed by atoms with E-state index in [1.54, 1.807) is 0 Å². The van der Waals surface area contributed by atoms with Gasteiger partial charge in [0, 0.05) is 6.07 Å². The summed E-state index contributed by atoms with van der Waals surface area (Å²) >= 11 is 0. The average molecular weight is 341 g/mol. The summed E-state index contributed by atoms with van der Waals surface area (Å²) in [6.45, 7) is 7.74. The molecule has 25 heavy (non-hydrogen) atoms. The maximum atomic E-state index is 6.08. The van der Waals surface area contributed by atoms with Gasteiger partial charge >= 0.3 is 0 Å². The third-order valence-corrected chi connectivity index (χ3v) is 3.74. The minimum absolute atomic E-state index is 0.348. The molecule has 2 aromatic rings. The molecule has 0 radical (unpaired) electrons. The standard InChI is InChI=1S/C20H27N3O2/c1-4-15-9-7-8-10-16(15)14-22-20(21)23-18-13-17(24-5-2)11-12-19(18)25-6-3/h7-13H,4-6,14H2,1-3H3,(H3,21,22,23). The van der Waals surface area contributed by atoms with Gasteiger partial charge in [-0.3, -0.25) is 0 Å². The summed E-state index contributed by atoms with van der Waals surface area (Å²) in [5.74, 6) is 1.83. The highest BCUT2D eigenvalue weighted by molar-refractivity contribution is 5.94. The second-order valence-corrected chi connectivity index (χ2v) is 5.47. The number of nitrogens with one attached hydrogen (secondary N) is 1. The number of nitrogens with zero attached hydrogens (tertiary/aromatic N) is 1. The summed E-state index contributed by atoms with van der Waals surface area (Å²) in [4.78, 5) is 4.46. The van der Waals surface area contributed by atoms with Crippen molar-refractivity contribution in [2.24, 2.45) is 10.7 Å². The molecule has 0 aliphatic carbocycles. The lowest BCUT2D eigenvalue weighted by Gasteiger charge is -2.14. The van der Waals surface area contributed by atoms with Gasteiger partial charge in [0.05, 0.1) is 25.4 Å². The predicted molar refractivity (Wildman–Crippen MR) is 104 cm³/mol. The predicted octanol–water partition coefficient (Wildman–Crippen LogP) is 3.97. The molecule has 0 heterocycles. The second-order valence-electron chi connectivity index (χ2n) is 5.47. The van der Waals surface area contributed by atoms with Gasteiger partial charge in [0.25, 0.3) is 0 Å². The molecule has 0 atom stereocenters. The number of anilines is 1. The van der Waals surface area contributed by atoms with E-state index in [2.05, 4.69) is 29.4 Å². The Morgan fingerprint density at radius 2 is 1.72 bits per heavy atom. The van der Waals surface area contributed by atoms with Crippen LogP contribution in [0.5, 0.6) is 11.5 Å². The molecule has 0 saturated carbocycles. The Labute approximate surface area is 149 Å². The third kappa shape index (κ3) is 5.41. The van der Waals surface area contributed by atoms with Crippen LogP contribution >= 0.6 is 0 Å². The van der Waals surface area contributed by atoms with Crippen molar-refractivity contribution in [2.45, 2.75) is 33.7 Å². The van der Waals surface area contributed by atoms with Gasteiger partial charge < -0.3 is 20.5 Å². The molecule has 0 bridgehead atoms. The molecule has 134 valence electrons. The first-order valence-electron chi connectivity index (χ1n) is 8.71. The van der Waals surface area contributed by atoms with Gasteiger partial charge in [-0.1, -0.05) is 31.2 Å². The molecule has 0 aliphatic heterocycles. The zero-order valence-corrected chi connectivity index (χ0v) is 15.2. The molecular weight excluding hydrogens is 314 g/mol. The van der Waals surface area contributed by atoms with Gasteiger partial charge in [-0.15, -0.1) is 0 Å². The number of rotatable bonds is 8. The molecule has 2 rings (SSSR count). The van der Waals surface area contributed by atoms with E-state index in [0.717, 1.165) is 23.6 Å². The van der Waals surface area contributed by atoms with Crippen LogP contribution in [0.15, 0.2) is 47.5 Å². The molecule has 0 spiro atoms. The smallest absolute Gasteiger partial charge is 0.193 e.